The molecular formula is C23H30N2O3. The Hall–Kier alpha value is -2.35. The summed E-state index contributed by atoms with van der Waals surface area (Å²) in [5, 5.41) is 9.15. The fourth-order valence-corrected chi connectivity index (χ4v) is 4.83. The van der Waals surface area contributed by atoms with Gasteiger partial charge in [-0.05, 0) is 90.0 Å². The zero-order valence-corrected chi connectivity index (χ0v) is 17.5. The van der Waals surface area contributed by atoms with Crippen molar-refractivity contribution < 1.29 is 14.3 Å². The maximum absolute atomic E-state index is 13.4. The number of benzene rings is 1. The Morgan fingerprint density at radius 2 is 1.64 bits per heavy atom. The van der Waals surface area contributed by atoms with Crippen LogP contribution < -0.4 is 0 Å². The second kappa shape index (κ2) is 7.58. The number of hydrogen-bond acceptors (Lipinski definition) is 4. The molecule has 1 amide bonds. The van der Waals surface area contributed by atoms with Crippen molar-refractivity contribution in [1.29, 1.82) is 5.26 Å². The number of carbonyl (C=O) groups is 2. The predicted octanol–water partition coefficient (Wildman–Crippen LogP) is 4.93. The van der Waals surface area contributed by atoms with E-state index in [9.17, 15) is 9.59 Å². The first kappa shape index (κ1) is 20.4. The van der Waals surface area contributed by atoms with E-state index in [-0.39, 0.29) is 29.9 Å². The molecule has 2 fully saturated rings. The van der Waals surface area contributed by atoms with Crippen molar-refractivity contribution in [3.05, 3.63) is 34.4 Å². The number of ketones is 1. The lowest BCUT2D eigenvalue weighted by Crippen LogP contribution is -2.56. The highest BCUT2D eigenvalue weighted by Crippen LogP contribution is 2.39. The molecule has 0 aliphatic carbocycles. The molecule has 3 rings (SSSR count). The normalized spacial score (nSPS) is 24.4. The van der Waals surface area contributed by atoms with Crippen LogP contribution in [-0.4, -0.2) is 34.5 Å². The van der Waals surface area contributed by atoms with Crippen molar-refractivity contribution in [3.8, 4) is 6.07 Å². The molecule has 2 bridgehead atoms. The molecule has 0 N–H and O–H groups in total. The summed E-state index contributed by atoms with van der Waals surface area (Å²) in [7, 11) is 0. The van der Waals surface area contributed by atoms with E-state index in [4.69, 9.17) is 10.00 Å². The minimum Gasteiger partial charge on any atom is -0.444 e. The van der Waals surface area contributed by atoms with Crippen molar-refractivity contribution in [2.24, 2.45) is 5.92 Å². The highest BCUT2D eigenvalue weighted by molar-refractivity contribution is 6.00. The monoisotopic (exact) mass is 382 g/mol. The maximum Gasteiger partial charge on any atom is 0.410 e. The summed E-state index contributed by atoms with van der Waals surface area (Å²) in [5.74, 6) is 0.0690. The second-order valence-electron chi connectivity index (χ2n) is 9.26. The number of nitrogens with zero attached hydrogens (tertiary/aromatic N) is 2. The van der Waals surface area contributed by atoms with E-state index in [2.05, 4.69) is 6.07 Å². The molecule has 28 heavy (non-hydrogen) atoms. The second-order valence-corrected chi connectivity index (χ2v) is 9.26. The lowest BCUT2D eigenvalue weighted by Gasteiger charge is -2.48. The van der Waals surface area contributed by atoms with Gasteiger partial charge in [0, 0.05) is 23.6 Å². The van der Waals surface area contributed by atoms with Crippen LogP contribution in [0.5, 0.6) is 0 Å². The first-order valence-corrected chi connectivity index (χ1v) is 10.2. The summed E-state index contributed by atoms with van der Waals surface area (Å²) < 4.78 is 5.63. The number of Topliss-reactive ketones (excluding diaryl/α,β-unsaturated/α-hetero) is 1. The van der Waals surface area contributed by atoms with E-state index < -0.39 is 5.60 Å². The van der Waals surface area contributed by atoms with Gasteiger partial charge in [-0.2, -0.15) is 5.26 Å². The minimum absolute atomic E-state index is 0.0651. The van der Waals surface area contributed by atoms with Crippen LogP contribution in [0.25, 0.3) is 0 Å². The summed E-state index contributed by atoms with van der Waals surface area (Å²) in [6.07, 6.45) is 4.06. The van der Waals surface area contributed by atoms with E-state index >= 15 is 0 Å². The number of ether oxygens (including phenoxy) is 1. The Balaban J connectivity index is 1.82. The zero-order valence-electron chi connectivity index (χ0n) is 17.5. The molecule has 0 radical (unpaired) electrons. The van der Waals surface area contributed by atoms with E-state index in [1.807, 2.05) is 39.5 Å². The van der Waals surface area contributed by atoms with Crippen LogP contribution in [0.2, 0.25) is 0 Å². The number of fused-ring (bicyclic) bond motifs is 2. The van der Waals surface area contributed by atoms with Crippen LogP contribution in [-0.2, 0) is 4.74 Å². The molecular weight excluding hydrogens is 352 g/mol. The largest absolute Gasteiger partial charge is 0.444 e. The van der Waals surface area contributed by atoms with Gasteiger partial charge < -0.3 is 9.64 Å². The molecule has 2 saturated heterocycles. The van der Waals surface area contributed by atoms with Gasteiger partial charge in [-0.1, -0.05) is 0 Å². The number of carbonyl (C=O) groups excluding carboxylic acids is 2. The SMILES string of the molecule is Cc1cc(C#N)cc(C)c1C(=O)C1CC2CCCC(C1)N2C(=O)OC(C)(C)C. The average Bonchev–Trinajstić information content (AvgIpc) is 2.58. The van der Waals surface area contributed by atoms with Crippen LogP contribution >= 0.6 is 0 Å². The topological polar surface area (TPSA) is 70.4 Å². The van der Waals surface area contributed by atoms with Gasteiger partial charge in [0.1, 0.15) is 5.60 Å². The molecule has 2 aliphatic heterocycles. The standard InChI is InChI=1S/C23H30N2O3/c1-14-9-16(13-24)10-15(2)20(14)21(26)17-11-18-7-6-8-19(12-17)25(18)22(27)28-23(3,4)5/h9-10,17-19H,6-8,11-12H2,1-5H3. The molecule has 5 nitrogen and oxygen atoms in total. The van der Waals surface area contributed by atoms with Crippen LogP contribution in [0.15, 0.2) is 12.1 Å². The van der Waals surface area contributed by atoms with E-state index in [0.29, 0.717) is 18.4 Å². The number of rotatable bonds is 2. The van der Waals surface area contributed by atoms with Crippen LogP contribution in [0.4, 0.5) is 4.79 Å². The third-order valence-corrected chi connectivity index (χ3v) is 5.86. The predicted molar refractivity (Wildman–Crippen MR) is 107 cm³/mol. The lowest BCUT2D eigenvalue weighted by atomic mass is 9.75. The highest BCUT2D eigenvalue weighted by Gasteiger charge is 2.44. The highest BCUT2D eigenvalue weighted by atomic mass is 16.6. The summed E-state index contributed by atoms with van der Waals surface area (Å²) in [5.41, 5.74) is 2.54. The van der Waals surface area contributed by atoms with E-state index in [1.165, 1.54) is 0 Å². The number of amides is 1. The van der Waals surface area contributed by atoms with Crippen molar-refractivity contribution >= 4 is 11.9 Å². The number of nitriles is 1. The fourth-order valence-electron chi connectivity index (χ4n) is 4.83. The molecule has 5 heteroatoms. The Morgan fingerprint density at radius 1 is 1.11 bits per heavy atom. The van der Waals surface area contributed by atoms with Crippen LogP contribution in [0.1, 0.15) is 79.9 Å². The van der Waals surface area contributed by atoms with Crippen molar-refractivity contribution in [1.82, 2.24) is 4.90 Å². The van der Waals surface area contributed by atoms with Crippen LogP contribution in [0.3, 0.4) is 0 Å². The Bertz CT molecular complexity index is 794. The van der Waals surface area contributed by atoms with Gasteiger partial charge in [0.15, 0.2) is 5.78 Å². The lowest BCUT2D eigenvalue weighted by molar-refractivity contribution is -0.0261. The zero-order chi connectivity index (χ0) is 20.6. The van der Waals surface area contributed by atoms with Crippen molar-refractivity contribution in [2.45, 2.75) is 84.4 Å². The molecule has 0 saturated carbocycles. The van der Waals surface area contributed by atoms with Gasteiger partial charge in [0.2, 0.25) is 0 Å². The Morgan fingerprint density at radius 3 is 2.11 bits per heavy atom. The molecule has 150 valence electrons. The molecule has 2 atom stereocenters. The molecule has 2 aliphatic rings. The van der Waals surface area contributed by atoms with Gasteiger partial charge in [0.05, 0.1) is 11.6 Å². The summed E-state index contributed by atoms with van der Waals surface area (Å²) in [6, 6.07) is 5.86. The maximum atomic E-state index is 13.4. The first-order chi connectivity index (χ1) is 13.1. The molecule has 0 aromatic heterocycles. The molecule has 1 aromatic rings. The Kier molecular flexibility index (Phi) is 5.52. The number of hydrogen-bond donors (Lipinski definition) is 0. The van der Waals surface area contributed by atoms with E-state index in [0.717, 1.165) is 36.0 Å². The van der Waals surface area contributed by atoms with Gasteiger partial charge in [0.25, 0.3) is 0 Å². The minimum atomic E-state index is -0.519. The third kappa shape index (κ3) is 4.06. The number of piperidine rings is 2. The molecule has 2 unspecified atom stereocenters. The molecule has 0 spiro atoms. The summed E-state index contributed by atoms with van der Waals surface area (Å²) in [6.45, 7) is 9.45. The number of aryl methyl sites for hydroxylation is 2. The fraction of sp³-hybridized carbons (Fsp3) is 0.609. The van der Waals surface area contributed by atoms with Crippen molar-refractivity contribution in [3.63, 3.8) is 0 Å². The van der Waals surface area contributed by atoms with Crippen LogP contribution in [0, 0.1) is 31.1 Å². The first-order valence-electron chi connectivity index (χ1n) is 10.2. The summed E-state index contributed by atoms with van der Waals surface area (Å²) >= 11 is 0. The Labute approximate surface area is 167 Å². The van der Waals surface area contributed by atoms with Gasteiger partial charge >= 0.3 is 6.09 Å². The van der Waals surface area contributed by atoms with E-state index in [1.54, 1.807) is 12.1 Å². The third-order valence-electron chi connectivity index (χ3n) is 5.86. The quantitative estimate of drug-likeness (QED) is 0.680. The van der Waals surface area contributed by atoms with Crippen molar-refractivity contribution in [2.75, 3.05) is 0 Å². The summed E-state index contributed by atoms with van der Waals surface area (Å²) in [4.78, 5) is 28.0. The molecule has 2 heterocycles. The van der Waals surface area contributed by atoms with Gasteiger partial charge in [-0.3, -0.25) is 4.79 Å². The smallest absolute Gasteiger partial charge is 0.410 e. The molecule has 1 aromatic carbocycles. The van der Waals surface area contributed by atoms with Gasteiger partial charge in [-0.15, -0.1) is 0 Å². The average molecular weight is 383 g/mol. The van der Waals surface area contributed by atoms with Gasteiger partial charge in [-0.25, -0.2) is 4.79 Å².